The fourth-order valence-electron chi connectivity index (χ4n) is 2.60. The molecule has 0 atom stereocenters. The minimum atomic E-state index is -3.16. The zero-order chi connectivity index (χ0) is 19.2. The molecule has 0 radical (unpaired) electrons. The van der Waals surface area contributed by atoms with Gasteiger partial charge in [0.2, 0.25) is 10.0 Å². The van der Waals surface area contributed by atoms with E-state index in [1.54, 1.807) is 6.07 Å². The van der Waals surface area contributed by atoms with Crippen molar-refractivity contribution >= 4 is 43.3 Å². The Morgan fingerprint density at radius 3 is 2.65 bits per heavy atom. The fourth-order valence-corrected chi connectivity index (χ4v) is 4.36. The summed E-state index contributed by atoms with van der Waals surface area (Å²) in [6, 6.07) is 5.53. The summed E-state index contributed by atoms with van der Waals surface area (Å²) in [7, 11) is -3.16. The molecule has 1 fully saturated rings. The van der Waals surface area contributed by atoms with Crippen LogP contribution >= 0.6 is 15.9 Å². The number of anilines is 1. The smallest absolute Gasteiger partial charge is 0.265 e. The van der Waals surface area contributed by atoms with Crippen LogP contribution in [0.5, 0.6) is 0 Å². The van der Waals surface area contributed by atoms with Gasteiger partial charge >= 0.3 is 0 Å². The summed E-state index contributed by atoms with van der Waals surface area (Å²) in [5.74, 6) is -0.120. The summed E-state index contributed by atoms with van der Waals surface area (Å²) in [4.78, 5) is 17.0. The van der Waals surface area contributed by atoms with Gasteiger partial charge in [-0.05, 0) is 37.1 Å². The molecule has 7 nitrogen and oxygen atoms in total. The van der Waals surface area contributed by atoms with Crippen molar-refractivity contribution in [2.45, 2.75) is 33.1 Å². The van der Waals surface area contributed by atoms with E-state index in [0.717, 1.165) is 15.7 Å². The number of nitrogens with zero attached hydrogens (tertiary/aromatic N) is 2. The molecule has 1 aliphatic heterocycles. The van der Waals surface area contributed by atoms with Gasteiger partial charge in [-0.3, -0.25) is 4.79 Å². The van der Waals surface area contributed by atoms with Crippen molar-refractivity contribution in [1.29, 1.82) is 0 Å². The van der Waals surface area contributed by atoms with Crippen molar-refractivity contribution in [3.05, 3.63) is 28.2 Å². The summed E-state index contributed by atoms with van der Waals surface area (Å²) in [6.07, 6.45) is 1.66. The number of rotatable bonds is 7. The predicted octanol–water partition coefficient (Wildman–Crippen LogP) is 2.90. The molecule has 1 amide bonds. The van der Waals surface area contributed by atoms with E-state index >= 15 is 0 Å². The topological polar surface area (TPSA) is 88.1 Å². The quantitative estimate of drug-likeness (QED) is 0.653. The molecule has 1 heterocycles. The second-order valence-corrected chi connectivity index (χ2v) is 9.10. The highest BCUT2D eigenvalue weighted by molar-refractivity contribution is 9.10. The highest BCUT2D eigenvalue weighted by Gasteiger charge is 2.25. The van der Waals surface area contributed by atoms with E-state index in [0.29, 0.717) is 38.0 Å². The molecule has 26 heavy (non-hydrogen) atoms. The van der Waals surface area contributed by atoms with Crippen LogP contribution in [0.25, 0.3) is 0 Å². The Labute approximate surface area is 163 Å². The van der Waals surface area contributed by atoms with E-state index in [1.807, 2.05) is 26.0 Å². The average molecular weight is 446 g/mol. The number of carbonyl (C=O) groups is 1. The number of nitrogens with one attached hydrogen (secondary N) is 1. The van der Waals surface area contributed by atoms with Gasteiger partial charge in [0.25, 0.3) is 5.91 Å². The van der Waals surface area contributed by atoms with Gasteiger partial charge in [0.1, 0.15) is 0 Å². The lowest BCUT2D eigenvalue weighted by atomic mass is 10.1. The predicted molar refractivity (Wildman–Crippen MR) is 106 cm³/mol. The van der Waals surface area contributed by atoms with E-state index in [2.05, 4.69) is 26.4 Å². The molecule has 1 aromatic rings. The number of amides is 1. The third-order valence-electron chi connectivity index (χ3n) is 3.99. The van der Waals surface area contributed by atoms with Gasteiger partial charge in [0.05, 0.1) is 11.5 Å². The van der Waals surface area contributed by atoms with Crippen LogP contribution in [0, 0.1) is 6.92 Å². The number of halogens is 1. The lowest BCUT2D eigenvalue weighted by molar-refractivity contribution is -0.120. The van der Waals surface area contributed by atoms with Gasteiger partial charge < -0.3 is 10.2 Å². The number of piperidine rings is 1. The van der Waals surface area contributed by atoms with Crippen LogP contribution in [-0.4, -0.2) is 49.8 Å². The molecular formula is C17H24BrN3O4S. The standard InChI is InChI=1S/C17H24BrN3O4S/c1-3-10-26(23,24)21-8-6-14(7-9-21)20-25-12-17(22)19-15-4-5-16(18)13(2)11-15/h4-5,11H,3,6-10,12H2,1-2H3,(H,19,22). The Morgan fingerprint density at radius 1 is 1.35 bits per heavy atom. The maximum absolute atomic E-state index is 12.0. The molecule has 0 saturated carbocycles. The van der Waals surface area contributed by atoms with E-state index in [9.17, 15) is 13.2 Å². The van der Waals surface area contributed by atoms with Gasteiger partial charge in [0.15, 0.2) is 6.61 Å². The molecule has 1 aromatic carbocycles. The molecule has 0 aliphatic carbocycles. The number of sulfonamides is 1. The number of hydrogen-bond donors (Lipinski definition) is 1. The fraction of sp³-hybridized carbons (Fsp3) is 0.529. The number of carbonyl (C=O) groups excluding carboxylic acids is 1. The number of oxime groups is 1. The zero-order valence-electron chi connectivity index (χ0n) is 15.0. The molecule has 144 valence electrons. The van der Waals surface area contributed by atoms with Crippen LogP contribution in [0.1, 0.15) is 31.7 Å². The maximum Gasteiger partial charge on any atom is 0.265 e. The molecule has 0 unspecified atom stereocenters. The summed E-state index contributed by atoms with van der Waals surface area (Å²) < 4.78 is 26.5. The van der Waals surface area contributed by atoms with Crippen molar-refractivity contribution in [2.75, 3.05) is 30.8 Å². The Kier molecular flexibility index (Phi) is 7.60. The molecule has 1 N–H and O–H groups in total. The van der Waals surface area contributed by atoms with Gasteiger partial charge in [-0.1, -0.05) is 28.0 Å². The highest BCUT2D eigenvalue weighted by atomic mass is 79.9. The van der Waals surface area contributed by atoms with Crippen LogP contribution in [0.4, 0.5) is 5.69 Å². The van der Waals surface area contributed by atoms with E-state index < -0.39 is 10.0 Å². The van der Waals surface area contributed by atoms with Crippen LogP contribution in [0.3, 0.4) is 0 Å². The van der Waals surface area contributed by atoms with Gasteiger partial charge in [-0.25, -0.2) is 12.7 Å². The first-order valence-electron chi connectivity index (χ1n) is 8.53. The first-order valence-corrected chi connectivity index (χ1v) is 10.9. The van der Waals surface area contributed by atoms with E-state index in [-0.39, 0.29) is 18.3 Å². The van der Waals surface area contributed by atoms with Crippen LogP contribution in [0.15, 0.2) is 27.8 Å². The van der Waals surface area contributed by atoms with E-state index in [4.69, 9.17) is 4.84 Å². The lowest BCUT2D eigenvalue weighted by Crippen LogP contribution is -2.39. The molecule has 1 aliphatic rings. The Morgan fingerprint density at radius 2 is 2.04 bits per heavy atom. The lowest BCUT2D eigenvalue weighted by Gasteiger charge is -2.26. The molecule has 2 rings (SSSR count). The second kappa shape index (κ2) is 9.48. The summed E-state index contributed by atoms with van der Waals surface area (Å²) in [6.45, 7) is 4.43. The third kappa shape index (κ3) is 6.07. The molecule has 1 saturated heterocycles. The van der Waals surface area contributed by atoms with Crippen molar-refractivity contribution in [3.8, 4) is 0 Å². The Bertz CT molecular complexity index is 770. The molecule has 9 heteroatoms. The molecule has 0 spiro atoms. The molecule has 0 bridgehead atoms. The Hall–Kier alpha value is -1.45. The number of hydrogen-bond acceptors (Lipinski definition) is 5. The highest BCUT2D eigenvalue weighted by Crippen LogP contribution is 2.20. The summed E-state index contributed by atoms with van der Waals surface area (Å²) in [5, 5.41) is 6.73. The first-order chi connectivity index (χ1) is 12.3. The van der Waals surface area contributed by atoms with Crippen molar-refractivity contribution in [1.82, 2.24) is 4.31 Å². The molecular weight excluding hydrogens is 422 g/mol. The third-order valence-corrected chi connectivity index (χ3v) is 6.95. The van der Waals surface area contributed by atoms with Crippen molar-refractivity contribution in [2.24, 2.45) is 5.16 Å². The minimum absolute atomic E-state index is 0.172. The Balaban J connectivity index is 1.77. The average Bonchev–Trinajstić information content (AvgIpc) is 2.58. The van der Waals surface area contributed by atoms with Crippen molar-refractivity contribution < 1.29 is 18.0 Å². The van der Waals surface area contributed by atoms with Crippen molar-refractivity contribution in [3.63, 3.8) is 0 Å². The van der Waals surface area contributed by atoms with Gasteiger partial charge in [-0.2, -0.15) is 0 Å². The van der Waals surface area contributed by atoms with Crippen LogP contribution < -0.4 is 5.32 Å². The molecule has 0 aromatic heterocycles. The number of benzene rings is 1. The monoisotopic (exact) mass is 445 g/mol. The SMILES string of the molecule is CCCS(=O)(=O)N1CCC(=NOCC(=O)Nc2ccc(Br)c(C)c2)CC1. The number of aryl methyl sites for hydroxylation is 1. The van der Waals surface area contributed by atoms with Gasteiger partial charge in [0, 0.05) is 36.1 Å². The zero-order valence-corrected chi connectivity index (χ0v) is 17.4. The van der Waals surface area contributed by atoms with E-state index in [1.165, 1.54) is 4.31 Å². The van der Waals surface area contributed by atoms with Crippen LogP contribution in [0.2, 0.25) is 0 Å². The minimum Gasteiger partial charge on any atom is -0.386 e. The second-order valence-electron chi connectivity index (χ2n) is 6.16. The maximum atomic E-state index is 12.0. The summed E-state index contributed by atoms with van der Waals surface area (Å²) >= 11 is 3.41. The largest absolute Gasteiger partial charge is 0.386 e. The normalized spacial score (nSPS) is 15.6. The summed E-state index contributed by atoms with van der Waals surface area (Å²) in [5.41, 5.74) is 2.50. The first kappa shape index (κ1) is 20.9. The van der Waals surface area contributed by atoms with Gasteiger partial charge in [-0.15, -0.1) is 0 Å². The van der Waals surface area contributed by atoms with Crippen LogP contribution in [-0.2, 0) is 19.7 Å².